The lowest BCUT2D eigenvalue weighted by molar-refractivity contribution is -0.134. The van der Waals surface area contributed by atoms with Crippen molar-refractivity contribution < 1.29 is 14.4 Å². The van der Waals surface area contributed by atoms with E-state index in [-0.39, 0.29) is 34.6 Å². The van der Waals surface area contributed by atoms with Gasteiger partial charge in [0.2, 0.25) is 17.0 Å². The number of anilines is 1. The number of aromatic nitrogens is 2. The minimum Gasteiger partial charge on any atom is -0.341 e. The number of thioether (sulfide) groups is 1. The van der Waals surface area contributed by atoms with E-state index in [1.54, 1.807) is 0 Å². The fourth-order valence-corrected chi connectivity index (χ4v) is 5.51. The van der Waals surface area contributed by atoms with Gasteiger partial charge in [0.1, 0.15) is 6.04 Å². The van der Waals surface area contributed by atoms with Crippen LogP contribution in [0.5, 0.6) is 0 Å². The highest BCUT2D eigenvalue weighted by Gasteiger charge is 2.43. The Labute approximate surface area is 181 Å². The summed E-state index contributed by atoms with van der Waals surface area (Å²) in [7, 11) is 0. The Morgan fingerprint density at radius 2 is 1.77 bits per heavy atom. The highest BCUT2D eigenvalue weighted by Crippen LogP contribution is 2.28. The van der Waals surface area contributed by atoms with Gasteiger partial charge in [-0.05, 0) is 52.0 Å². The molecule has 8 nitrogen and oxygen atoms in total. The molecule has 0 aromatic carbocycles. The number of hydrogen-bond acceptors (Lipinski definition) is 8. The van der Waals surface area contributed by atoms with Crippen LogP contribution in [0.25, 0.3) is 0 Å². The van der Waals surface area contributed by atoms with Crippen LogP contribution in [0.1, 0.15) is 43.5 Å². The zero-order valence-electron chi connectivity index (χ0n) is 17.6. The van der Waals surface area contributed by atoms with Crippen molar-refractivity contribution in [1.29, 1.82) is 0 Å². The topological polar surface area (TPSA) is 95.5 Å². The molecule has 0 spiro atoms. The maximum Gasteiger partial charge on any atom is 0.225 e. The highest BCUT2D eigenvalue weighted by atomic mass is 32.2. The van der Waals surface area contributed by atoms with E-state index < -0.39 is 6.04 Å². The number of rotatable bonds is 4. The normalized spacial score (nSPS) is 26.3. The molecule has 9 heteroatoms. The summed E-state index contributed by atoms with van der Waals surface area (Å²) in [4.78, 5) is 50.5. The number of carbonyl (C=O) groups excluding carboxylic acids is 3. The van der Waals surface area contributed by atoms with Crippen LogP contribution in [0.3, 0.4) is 0 Å². The standard InChI is InChI=1S/C21H29N5O3S/c1-13-11-14(2)23-21(22-13)25-9-6-15(7-10-25)19(28)24-17-5-3-4-8-26(17)18-16(27)12-30-20(18)29/h11,15,17-18H,3-10,12H2,1-2H3,(H,24,28). The van der Waals surface area contributed by atoms with E-state index >= 15 is 0 Å². The predicted molar refractivity (Wildman–Crippen MR) is 115 cm³/mol. The number of carbonyl (C=O) groups is 3. The Kier molecular flexibility index (Phi) is 6.38. The lowest BCUT2D eigenvalue weighted by atomic mass is 9.95. The second kappa shape index (κ2) is 9.01. The van der Waals surface area contributed by atoms with Crippen LogP contribution in [0, 0.1) is 19.8 Å². The molecule has 3 saturated heterocycles. The van der Waals surface area contributed by atoms with Crippen LogP contribution in [0.4, 0.5) is 5.95 Å². The number of aryl methyl sites for hydroxylation is 2. The molecule has 1 amide bonds. The van der Waals surface area contributed by atoms with Gasteiger partial charge in [0.15, 0.2) is 5.78 Å². The number of amides is 1. The number of Topliss-reactive ketones (excluding diaryl/α,β-unsaturated/α-hetero) is 1. The van der Waals surface area contributed by atoms with Gasteiger partial charge in [-0.3, -0.25) is 19.3 Å². The quantitative estimate of drug-likeness (QED) is 0.716. The van der Waals surface area contributed by atoms with E-state index in [2.05, 4.69) is 20.2 Å². The van der Waals surface area contributed by atoms with Gasteiger partial charge in [0.05, 0.1) is 11.9 Å². The molecule has 2 unspecified atom stereocenters. The first kappa shape index (κ1) is 21.2. The van der Waals surface area contributed by atoms with E-state index in [1.807, 2.05) is 24.8 Å². The fraction of sp³-hybridized carbons (Fsp3) is 0.667. The Morgan fingerprint density at radius 3 is 2.40 bits per heavy atom. The zero-order chi connectivity index (χ0) is 21.3. The van der Waals surface area contributed by atoms with Crippen molar-refractivity contribution >= 4 is 34.5 Å². The number of nitrogens with zero attached hydrogens (tertiary/aromatic N) is 4. The van der Waals surface area contributed by atoms with Gasteiger partial charge in [-0.2, -0.15) is 0 Å². The molecule has 1 aromatic rings. The summed E-state index contributed by atoms with van der Waals surface area (Å²) in [5.74, 6) is 0.909. The second-order valence-electron chi connectivity index (χ2n) is 8.45. The Morgan fingerprint density at radius 1 is 1.07 bits per heavy atom. The van der Waals surface area contributed by atoms with Gasteiger partial charge >= 0.3 is 0 Å². The first-order valence-electron chi connectivity index (χ1n) is 10.7. The number of hydrogen-bond donors (Lipinski definition) is 1. The van der Waals surface area contributed by atoms with E-state index in [9.17, 15) is 14.4 Å². The van der Waals surface area contributed by atoms with E-state index in [0.29, 0.717) is 6.54 Å². The Hall–Kier alpha value is -2.00. The maximum absolute atomic E-state index is 13.0. The molecule has 2 atom stereocenters. The molecule has 30 heavy (non-hydrogen) atoms. The molecule has 3 aliphatic heterocycles. The highest BCUT2D eigenvalue weighted by molar-refractivity contribution is 8.15. The van der Waals surface area contributed by atoms with Crippen LogP contribution >= 0.6 is 11.8 Å². The van der Waals surface area contributed by atoms with Crippen LogP contribution in [0.2, 0.25) is 0 Å². The summed E-state index contributed by atoms with van der Waals surface area (Å²) in [6, 6.07) is 1.27. The summed E-state index contributed by atoms with van der Waals surface area (Å²) in [6.45, 7) is 6.09. The third-order valence-corrected chi connectivity index (χ3v) is 7.13. The first-order valence-corrected chi connectivity index (χ1v) is 11.7. The summed E-state index contributed by atoms with van der Waals surface area (Å²) in [5.41, 5.74) is 1.90. The van der Waals surface area contributed by atoms with Crippen molar-refractivity contribution in [2.24, 2.45) is 5.92 Å². The number of likely N-dealkylation sites (tertiary alicyclic amines) is 1. The summed E-state index contributed by atoms with van der Waals surface area (Å²) in [5, 5.41) is 3.07. The Bertz CT molecular complexity index is 804. The van der Waals surface area contributed by atoms with Crippen LogP contribution in [-0.2, 0) is 14.4 Å². The minimum atomic E-state index is -0.691. The monoisotopic (exact) mass is 431 g/mol. The summed E-state index contributed by atoms with van der Waals surface area (Å²) in [6.07, 6.45) is 3.97. The lowest BCUT2D eigenvalue weighted by Gasteiger charge is -2.39. The Balaban J connectivity index is 1.36. The molecule has 0 radical (unpaired) electrons. The third kappa shape index (κ3) is 4.51. The van der Waals surface area contributed by atoms with Crippen molar-refractivity contribution in [1.82, 2.24) is 20.2 Å². The fourth-order valence-electron chi connectivity index (χ4n) is 4.64. The van der Waals surface area contributed by atoms with Crippen molar-refractivity contribution in [2.45, 2.75) is 58.2 Å². The lowest BCUT2D eigenvalue weighted by Crippen LogP contribution is -2.58. The van der Waals surface area contributed by atoms with Crippen molar-refractivity contribution in [3.05, 3.63) is 17.5 Å². The molecule has 4 rings (SSSR count). The smallest absolute Gasteiger partial charge is 0.225 e. The molecule has 3 aliphatic rings. The SMILES string of the molecule is Cc1cc(C)nc(N2CCC(C(=O)NC3CCCCN3C3C(=O)CSC3=O)CC2)n1. The van der Waals surface area contributed by atoms with Crippen molar-refractivity contribution in [3.8, 4) is 0 Å². The average Bonchev–Trinajstić information content (AvgIpc) is 3.06. The molecule has 1 aromatic heterocycles. The van der Waals surface area contributed by atoms with Gasteiger partial charge in [0, 0.05) is 36.9 Å². The van der Waals surface area contributed by atoms with E-state index in [1.165, 1.54) is 0 Å². The predicted octanol–water partition coefficient (Wildman–Crippen LogP) is 1.45. The molecular weight excluding hydrogens is 402 g/mol. The average molecular weight is 432 g/mol. The number of ketones is 1. The second-order valence-corrected chi connectivity index (χ2v) is 9.43. The number of nitrogens with one attached hydrogen (secondary N) is 1. The minimum absolute atomic E-state index is 0.0263. The third-order valence-electron chi connectivity index (χ3n) is 6.19. The van der Waals surface area contributed by atoms with Gasteiger partial charge in [-0.15, -0.1) is 0 Å². The van der Waals surface area contributed by atoms with Gasteiger partial charge in [-0.25, -0.2) is 9.97 Å². The van der Waals surface area contributed by atoms with Gasteiger partial charge in [0.25, 0.3) is 0 Å². The van der Waals surface area contributed by atoms with Crippen molar-refractivity contribution in [3.63, 3.8) is 0 Å². The van der Waals surface area contributed by atoms with E-state index in [0.717, 1.165) is 74.3 Å². The molecule has 0 saturated carbocycles. The van der Waals surface area contributed by atoms with Crippen molar-refractivity contribution in [2.75, 3.05) is 30.3 Å². The largest absolute Gasteiger partial charge is 0.341 e. The maximum atomic E-state index is 13.0. The van der Waals surface area contributed by atoms with E-state index in [4.69, 9.17) is 0 Å². The van der Waals surface area contributed by atoms with Gasteiger partial charge in [-0.1, -0.05) is 11.8 Å². The molecule has 0 bridgehead atoms. The summed E-state index contributed by atoms with van der Waals surface area (Å²) >= 11 is 1.10. The zero-order valence-corrected chi connectivity index (χ0v) is 18.4. The number of piperidine rings is 2. The molecule has 0 aliphatic carbocycles. The van der Waals surface area contributed by atoms with Gasteiger partial charge < -0.3 is 10.2 Å². The van der Waals surface area contributed by atoms with Crippen LogP contribution in [-0.4, -0.2) is 69.3 Å². The molecule has 162 valence electrons. The van der Waals surface area contributed by atoms with Crippen LogP contribution in [0.15, 0.2) is 6.07 Å². The van der Waals surface area contributed by atoms with Crippen LogP contribution < -0.4 is 10.2 Å². The molecule has 1 N–H and O–H groups in total. The molecular formula is C21H29N5O3S. The summed E-state index contributed by atoms with van der Waals surface area (Å²) < 4.78 is 0. The first-order chi connectivity index (χ1) is 14.4. The molecule has 4 heterocycles. The molecule has 3 fully saturated rings.